The summed E-state index contributed by atoms with van der Waals surface area (Å²) in [6.45, 7) is 3.80. The number of halogens is 2. The molecule has 0 aliphatic heterocycles. The molecule has 0 aliphatic rings. The van der Waals surface area contributed by atoms with Crippen molar-refractivity contribution in [1.82, 2.24) is 5.43 Å². The van der Waals surface area contributed by atoms with Gasteiger partial charge in [-0.05, 0) is 65.2 Å². The highest BCUT2D eigenvalue weighted by molar-refractivity contribution is 9.10. The zero-order chi connectivity index (χ0) is 18.4. The van der Waals surface area contributed by atoms with E-state index in [0.717, 1.165) is 25.6 Å². The zero-order valence-corrected chi connectivity index (χ0v) is 17.3. The van der Waals surface area contributed by atoms with Crippen molar-refractivity contribution in [2.45, 2.75) is 13.8 Å². The number of methoxy groups -OCH3 is 1. The van der Waals surface area contributed by atoms with Gasteiger partial charge in [-0.25, -0.2) is 5.43 Å². The maximum atomic E-state index is 11.9. The van der Waals surface area contributed by atoms with Gasteiger partial charge in [-0.3, -0.25) is 4.79 Å². The van der Waals surface area contributed by atoms with E-state index < -0.39 is 0 Å². The predicted octanol–water partition coefficient (Wildman–Crippen LogP) is 4.37. The number of hydrazone groups is 1. The molecule has 25 heavy (non-hydrogen) atoms. The Hall–Kier alpha value is -1.86. The van der Waals surface area contributed by atoms with Gasteiger partial charge in [0.1, 0.15) is 11.5 Å². The van der Waals surface area contributed by atoms with E-state index in [4.69, 9.17) is 9.47 Å². The van der Waals surface area contributed by atoms with E-state index in [0.29, 0.717) is 11.5 Å². The fourth-order valence-electron chi connectivity index (χ4n) is 2.24. The zero-order valence-electron chi connectivity index (χ0n) is 14.1. The van der Waals surface area contributed by atoms with Gasteiger partial charge in [0.05, 0.1) is 17.8 Å². The Balaban J connectivity index is 1.94. The summed E-state index contributed by atoms with van der Waals surface area (Å²) in [5.74, 6) is 0.965. The van der Waals surface area contributed by atoms with Crippen LogP contribution in [-0.4, -0.2) is 25.8 Å². The van der Waals surface area contributed by atoms with E-state index in [2.05, 4.69) is 42.4 Å². The van der Waals surface area contributed by atoms with E-state index in [-0.39, 0.29) is 12.5 Å². The second-order valence-corrected chi connectivity index (χ2v) is 7.13. The molecule has 0 heterocycles. The molecule has 2 aromatic rings. The van der Waals surface area contributed by atoms with Crippen LogP contribution in [-0.2, 0) is 4.79 Å². The molecular formula is C18H18Br2N2O3. The van der Waals surface area contributed by atoms with Crippen LogP contribution >= 0.6 is 31.9 Å². The lowest BCUT2D eigenvalue weighted by molar-refractivity contribution is -0.123. The smallest absolute Gasteiger partial charge is 0.277 e. The van der Waals surface area contributed by atoms with Gasteiger partial charge in [0.15, 0.2) is 6.61 Å². The summed E-state index contributed by atoms with van der Waals surface area (Å²) in [7, 11) is 1.58. The molecule has 0 spiro atoms. The van der Waals surface area contributed by atoms with Crippen molar-refractivity contribution in [3.05, 3.63) is 56.0 Å². The fourth-order valence-corrected chi connectivity index (χ4v) is 3.40. The topological polar surface area (TPSA) is 59.9 Å². The molecule has 0 saturated carbocycles. The molecule has 0 unspecified atom stereocenters. The molecule has 0 radical (unpaired) electrons. The average molecular weight is 470 g/mol. The van der Waals surface area contributed by atoms with Crippen LogP contribution in [0.25, 0.3) is 0 Å². The number of aryl methyl sites for hydroxylation is 2. The third-order valence-corrected chi connectivity index (χ3v) is 4.39. The van der Waals surface area contributed by atoms with Crippen LogP contribution in [0.5, 0.6) is 11.5 Å². The highest BCUT2D eigenvalue weighted by Crippen LogP contribution is 2.30. The van der Waals surface area contributed by atoms with E-state index in [1.54, 1.807) is 7.11 Å². The summed E-state index contributed by atoms with van der Waals surface area (Å²) < 4.78 is 12.5. The van der Waals surface area contributed by atoms with Crippen molar-refractivity contribution in [2.75, 3.05) is 13.7 Å². The minimum absolute atomic E-state index is 0.130. The summed E-state index contributed by atoms with van der Waals surface area (Å²) in [6.07, 6.45) is 1.52. The molecular weight excluding hydrogens is 452 g/mol. The van der Waals surface area contributed by atoms with E-state index in [9.17, 15) is 4.79 Å². The number of carbonyl (C=O) groups is 1. The molecule has 2 rings (SSSR count). The fraction of sp³-hybridized carbons (Fsp3) is 0.222. The summed E-state index contributed by atoms with van der Waals surface area (Å²) in [5, 5.41) is 3.95. The van der Waals surface area contributed by atoms with Crippen LogP contribution in [0, 0.1) is 13.8 Å². The maximum absolute atomic E-state index is 11.9. The van der Waals surface area contributed by atoms with Crippen molar-refractivity contribution in [3.63, 3.8) is 0 Å². The predicted molar refractivity (Wildman–Crippen MR) is 106 cm³/mol. The van der Waals surface area contributed by atoms with Crippen molar-refractivity contribution in [3.8, 4) is 11.5 Å². The van der Waals surface area contributed by atoms with E-state index in [1.165, 1.54) is 6.21 Å². The number of benzene rings is 2. The van der Waals surface area contributed by atoms with Gasteiger partial charge in [0.25, 0.3) is 5.91 Å². The molecule has 2 aromatic carbocycles. The van der Waals surface area contributed by atoms with Crippen LogP contribution in [0.3, 0.4) is 0 Å². The van der Waals surface area contributed by atoms with E-state index in [1.807, 2.05) is 44.2 Å². The monoisotopic (exact) mass is 468 g/mol. The summed E-state index contributed by atoms with van der Waals surface area (Å²) >= 11 is 6.84. The van der Waals surface area contributed by atoms with Crippen LogP contribution in [0.15, 0.2) is 44.4 Å². The minimum atomic E-state index is -0.350. The molecule has 0 fully saturated rings. The number of rotatable bonds is 6. The molecule has 7 heteroatoms. The molecule has 0 aliphatic carbocycles. The lowest BCUT2D eigenvalue weighted by Crippen LogP contribution is -2.24. The molecule has 5 nitrogen and oxygen atoms in total. The molecule has 1 amide bonds. The maximum Gasteiger partial charge on any atom is 0.277 e. The largest absolute Gasteiger partial charge is 0.496 e. The van der Waals surface area contributed by atoms with E-state index >= 15 is 0 Å². The van der Waals surface area contributed by atoms with Gasteiger partial charge in [0.2, 0.25) is 0 Å². The third-order valence-electron chi connectivity index (χ3n) is 3.31. The van der Waals surface area contributed by atoms with Crippen molar-refractivity contribution < 1.29 is 14.3 Å². The molecule has 0 bridgehead atoms. The SMILES string of the molecule is COc1ccc(Br)cc1C=NNC(=O)COc1c(C)cc(C)cc1Br. The summed E-state index contributed by atoms with van der Waals surface area (Å²) in [5.41, 5.74) is 5.27. The van der Waals surface area contributed by atoms with Gasteiger partial charge < -0.3 is 9.47 Å². The summed E-state index contributed by atoms with van der Waals surface area (Å²) in [6, 6.07) is 9.46. The van der Waals surface area contributed by atoms with Gasteiger partial charge in [-0.15, -0.1) is 0 Å². The number of ether oxygens (including phenoxy) is 2. The first-order chi connectivity index (χ1) is 11.9. The lowest BCUT2D eigenvalue weighted by Gasteiger charge is -2.11. The van der Waals surface area contributed by atoms with Crippen molar-refractivity contribution >= 4 is 44.0 Å². The van der Waals surface area contributed by atoms with Gasteiger partial charge in [-0.1, -0.05) is 22.0 Å². The molecule has 0 aromatic heterocycles. The first kappa shape index (κ1) is 19.5. The number of nitrogens with one attached hydrogen (secondary N) is 1. The van der Waals surface area contributed by atoms with Gasteiger partial charge in [0, 0.05) is 10.0 Å². The van der Waals surface area contributed by atoms with Gasteiger partial charge in [-0.2, -0.15) is 5.10 Å². The average Bonchev–Trinajstić information content (AvgIpc) is 2.54. The van der Waals surface area contributed by atoms with Crippen LogP contribution in [0.2, 0.25) is 0 Å². The van der Waals surface area contributed by atoms with Crippen LogP contribution in [0.1, 0.15) is 16.7 Å². The second kappa shape index (κ2) is 9.01. The number of nitrogens with zero attached hydrogens (tertiary/aromatic N) is 1. The Morgan fingerprint density at radius 3 is 2.68 bits per heavy atom. The first-order valence-electron chi connectivity index (χ1n) is 7.45. The summed E-state index contributed by atoms with van der Waals surface area (Å²) in [4.78, 5) is 11.9. The van der Waals surface area contributed by atoms with Crippen LogP contribution < -0.4 is 14.9 Å². The Bertz CT molecular complexity index is 784. The Morgan fingerprint density at radius 1 is 1.24 bits per heavy atom. The normalized spacial score (nSPS) is 10.8. The Morgan fingerprint density at radius 2 is 2.00 bits per heavy atom. The quantitative estimate of drug-likeness (QED) is 0.504. The number of carbonyl (C=O) groups excluding carboxylic acids is 1. The third kappa shape index (κ3) is 5.57. The number of hydrogen-bond acceptors (Lipinski definition) is 4. The highest BCUT2D eigenvalue weighted by atomic mass is 79.9. The first-order valence-corrected chi connectivity index (χ1v) is 9.04. The minimum Gasteiger partial charge on any atom is -0.496 e. The van der Waals surface area contributed by atoms with Gasteiger partial charge >= 0.3 is 0 Å². The molecule has 0 atom stereocenters. The molecule has 0 saturated heterocycles. The standard InChI is InChI=1S/C18H18Br2N2O3/c1-11-6-12(2)18(15(20)7-11)25-10-17(23)22-21-9-13-8-14(19)4-5-16(13)24-3/h4-9H,10H2,1-3H3,(H,22,23). The van der Waals surface area contributed by atoms with Crippen LogP contribution in [0.4, 0.5) is 0 Å². The number of hydrogen-bond donors (Lipinski definition) is 1. The highest BCUT2D eigenvalue weighted by Gasteiger charge is 2.09. The Kier molecular flexibility index (Phi) is 7.01. The molecule has 1 N–H and O–H groups in total. The molecule has 132 valence electrons. The van der Waals surface area contributed by atoms with Crippen molar-refractivity contribution in [1.29, 1.82) is 0 Å². The lowest BCUT2D eigenvalue weighted by atomic mass is 10.1. The number of amides is 1. The van der Waals surface area contributed by atoms with Crippen molar-refractivity contribution in [2.24, 2.45) is 5.10 Å². The second-order valence-electron chi connectivity index (χ2n) is 5.36. The Labute approximate surface area is 163 Å².